The van der Waals surface area contributed by atoms with Gasteiger partial charge in [0, 0.05) is 17.6 Å². The van der Waals surface area contributed by atoms with Crippen LogP contribution in [0.15, 0.2) is 60.0 Å². The van der Waals surface area contributed by atoms with E-state index in [2.05, 4.69) is 10.6 Å². The quantitative estimate of drug-likeness (QED) is 0.600. The minimum absolute atomic E-state index is 0.144. The summed E-state index contributed by atoms with van der Waals surface area (Å²) >= 11 is 7.37. The SMILES string of the molecule is O=C(N[C@H]1CCN2C(=O)c3cc(-c4ccc(Cl)cc4)ccc3NC(=O)[C@@H]2C1)c1cccs1. The molecule has 3 heterocycles. The summed E-state index contributed by atoms with van der Waals surface area (Å²) in [5.74, 6) is -0.552. The fourth-order valence-corrected chi connectivity index (χ4v) is 5.03. The Morgan fingerprint density at radius 1 is 1.09 bits per heavy atom. The van der Waals surface area contributed by atoms with Crippen molar-refractivity contribution in [3.05, 3.63) is 75.4 Å². The van der Waals surface area contributed by atoms with E-state index < -0.39 is 6.04 Å². The Labute approximate surface area is 194 Å². The van der Waals surface area contributed by atoms with Gasteiger partial charge in [-0.05, 0) is 59.7 Å². The van der Waals surface area contributed by atoms with Crippen molar-refractivity contribution >= 4 is 46.3 Å². The average molecular weight is 466 g/mol. The normalized spacial score (nSPS) is 20.1. The van der Waals surface area contributed by atoms with Gasteiger partial charge >= 0.3 is 0 Å². The number of piperidine rings is 1. The van der Waals surface area contributed by atoms with Gasteiger partial charge < -0.3 is 15.5 Å². The number of hydrogen-bond donors (Lipinski definition) is 2. The predicted octanol–water partition coefficient (Wildman–Crippen LogP) is 4.42. The molecule has 32 heavy (non-hydrogen) atoms. The molecular formula is C24H20ClN3O3S. The molecule has 3 amide bonds. The lowest BCUT2D eigenvalue weighted by Gasteiger charge is -2.37. The number of anilines is 1. The molecule has 8 heteroatoms. The van der Waals surface area contributed by atoms with E-state index in [0.717, 1.165) is 11.1 Å². The van der Waals surface area contributed by atoms with E-state index >= 15 is 0 Å². The van der Waals surface area contributed by atoms with E-state index in [-0.39, 0.29) is 23.8 Å². The zero-order chi connectivity index (χ0) is 22.2. The third-order valence-electron chi connectivity index (χ3n) is 5.93. The predicted molar refractivity (Wildman–Crippen MR) is 125 cm³/mol. The topological polar surface area (TPSA) is 78.5 Å². The van der Waals surface area contributed by atoms with Crippen LogP contribution in [-0.2, 0) is 4.79 Å². The molecule has 5 rings (SSSR count). The molecular weight excluding hydrogens is 446 g/mol. The van der Waals surface area contributed by atoms with E-state index in [4.69, 9.17) is 11.6 Å². The first-order valence-electron chi connectivity index (χ1n) is 10.4. The van der Waals surface area contributed by atoms with Crippen molar-refractivity contribution in [3.8, 4) is 11.1 Å². The molecule has 2 atom stereocenters. The molecule has 2 aliphatic rings. The molecule has 162 valence electrons. The number of fused-ring (bicyclic) bond motifs is 2. The fourth-order valence-electron chi connectivity index (χ4n) is 4.28. The molecule has 2 N–H and O–H groups in total. The third-order valence-corrected chi connectivity index (χ3v) is 7.05. The first-order chi connectivity index (χ1) is 15.5. The van der Waals surface area contributed by atoms with Crippen LogP contribution in [0.5, 0.6) is 0 Å². The van der Waals surface area contributed by atoms with Crippen molar-refractivity contribution in [2.75, 3.05) is 11.9 Å². The first kappa shape index (κ1) is 20.7. The van der Waals surface area contributed by atoms with Gasteiger partial charge in [-0.25, -0.2) is 0 Å². The Hall–Kier alpha value is -3.16. The van der Waals surface area contributed by atoms with E-state index in [0.29, 0.717) is 40.5 Å². The van der Waals surface area contributed by atoms with Crippen LogP contribution in [-0.4, -0.2) is 41.2 Å². The van der Waals surface area contributed by atoms with Gasteiger partial charge in [0.15, 0.2) is 0 Å². The highest BCUT2D eigenvalue weighted by Crippen LogP contribution is 2.32. The summed E-state index contributed by atoms with van der Waals surface area (Å²) in [7, 11) is 0. The van der Waals surface area contributed by atoms with Crippen LogP contribution in [0, 0.1) is 0 Å². The number of rotatable bonds is 3. The zero-order valence-corrected chi connectivity index (χ0v) is 18.6. The third kappa shape index (κ3) is 3.89. The lowest BCUT2D eigenvalue weighted by molar-refractivity contribution is -0.121. The molecule has 6 nitrogen and oxygen atoms in total. The maximum Gasteiger partial charge on any atom is 0.261 e. The summed E-state index contributed by atoms with van der Waals surface area (Å²) in [6.45, 7) is 0.400. The minimum Gasteiger partial charge on any atom is -0.348 e. The first-order valence-corrected chi connectivity index (χ1v) is 11.6. The van der Waals surface area contributed by atoms with E-state index in [1.165, 1.54) is 11.3 Å². The van der Waals surface area contributed by atoms with E-state index in [1.807, 2.05) is 35.7 Å². The number of carbonyl (C=O) groups is 3. The van der Waals surface area contributed by atoms with Crippen molar-refractivity contribution < 1.29 is 14.4 Å². The minimum atomic E-state index is -0.628. The smallest absolute Gasteiger partial charge is 0.261 e. The number of benzene rings is 2. The van der Waals surface area contributed by atoms with Crippen molar-refractivity contribution in [2.45, 2.75) is 24.9 Å². The van der Waals surface area contributed by atoms with Gasteiger partial charge in [-0.1, -0.05) is 35.9 Å². The van der Waals surface area contributed by atoms with E-state index in [1.54, 1.807) is 29.2 Å². The monoisotopic (exact) mass is 465 g/mol. The van der Waals surface area contributed by atoms with Crippen LogP contribution in [0.1, 0.15) is 32.9 Å². The second-order valence-electron chi connectivity index (χ2n) is 7.94. The zero-order valence-electron chi connectivity index (χ0n) is 17.0. The van der Waals surface area contributed by atoms with Crippen LogP contribution < -0.4 is 10.6 Å². The summed E-state index contributed by atoms with van der Waals surface area (Å²) in [5.41, 5.74) is 2.78. The van der Waals surface area contributed by atoms with Crippen molar-refractivity contribution in [2.24, 2.45) is 0 Å². The molecule has 2 aliphatic heterocycles. The van der Waals surface area contributed by atoms with Crippen molar-refractivity contribution in [3.63, 3.8) is 0 Å². The van der Waals surface area contributed by atoms with Gasteiger partial charge in [0.2, 0.25) is 5.91 Å². The number of halogens is 1. The van der Waals surface area contributed by atoms with Gasteiger partial charge in [-0.2, -0.15) is 0 Å². The summed E-state index contributed by atoms with van der Waals surface area (Å²) in [6.07, 6.45) is 0.978. The number of carbonyl (C=O) groups excluding carboxylic acids is 3. The Kier molecular flexibility index (Phi) is 5.45. The molecule has 0 radical (unpaired) electrons. The number of thiophene rings is 1. The van der Waals surface area contributed by atoms with Crippen molar-refractivity contribution in [1.29, 1.82) is 0 Å². The van der Waals surface area contributed by atoms with Crippen LogP contribution in [0.2, 0.25) is 5.02 Å². The molecule has 0 unspecified atom stereocenters. The van der Waals surface area contributed by atoms with Gasteiger partial charge in [-0.15, -0.1) is 11.3 Å². The van der Waals surface area contributed by atoms with Crippen molar-refractivity contribution in [1.82, 2.24) is 10.2 Å². The second-order valence-corrected chi connectivity index (χ2v) is 9.33. The Balaban J connectivity index is 1.38. The Bertz CT molecular complexity index is 1190. The largest absolute Gasteiger partial charge is 0.348 e. The maximum atomic E-state index is 13.4. The Morgan fingerprint density at radius 2 is 1.88 bits per heavy atom. The van der Waals surface area contributed by atoms with Crippen LogP contribution >= 0.6 is 22.9 Å². The maximum absolute atomic E-state index is 13.4. The number of nitrogens with zero attached hydrogens (tertiary/aromatic N) is 1. The molecule has 1 fully saturated rings. The van der Waals surface area contributed by atoms with Gasteiger partial charge in [0.05, 0.1) is 16.1 Å². The number of hydrogen-bond acceptors (Lipinski definition) is 4. The highest BCUT2D eigenvalue weighted by molar-refractivity contribution is 7.12. The average Bonchev–Trinajstić information content (AvgIpc) is 3.32. The summed E-state index contributed by atoms with van der Waals surface area (Å²) < 4.78 is 0. The van der Waals surface area contributed by atoms with Gasteiger partial charge in [0.1, 0.15) is 6.04 Å². The molecule has 3 aromatic rings. The molecule has 0 aliphatic carbocycles. The van der Waals surface area contributed by atoms with Crippen LogP contribution in [0.25, 0.3) is 11.1 Å². The van der Waals surface area contributed by atoms with Gasteiger partial charge in [0.25, 0.3) is 11.8 Å². The van der Waals surface area contributed by atoms with Gasteiger partial charge in [-0.3, -0.25) is 14.4 Å². The number of nitrogens with one attached hydrogen (secondary N) is 2. The molecule has 1 saturated heterocycles. The van der Waals surface area contributed by atoms with E-state index in [9.17, 15) is 14.4 Å². The number of amides is 3. The molecule has 0 saturated carbocycles. The highest BCUT2D eigenvalue weighted by Gasteiger charge is 2.40. The lowest BCUT2D eigenvalue weighted by Crippen LogP contribution is -2.54. The molecule has 0 spiro atoms. The standard InChI is InChI=1S/C24H20ClN3O3S/c25-16-6-3-14(4-7-16)15-5-8-19-18(12-15)24(31)28-10-9-17(13-20(28)22(29)27-19)26-23(30)21-2-1-11-32-21/h1-8,11-12,17,20H,9-10,13H2,(H,26,30)(H,27,29)/t17-,20-/m0/s1. The molecule has 0 bridgehead atoms. The summed E-state index contributed by atoms with van der Waals surface area (Å²) in [4.78, 5) is 41.1. The molecule has 1 aromatic heterocycles. The van der Waals surface area contributed by atoms with Crippen LogP contribution in [0.4, 0.5) is 5.69 Å². The van der Waals surface area contributed by atoms with Crippen LogP contribution in [0.3, 0.4) is 0 Å². The Morgan fingerprint density at radius 3 is 2.62 bits per heavy atom. The highest BCUT2D eigenvalue weighted by atomic mass is 35.5. The second kappa shape index (κ2) is 8.41. The summed E-state index contributed by atoms with van der Waals surface area (Å²) in [6, 6.07) is 15.7. The molecule has 2 aromatic carbocycles. The lowest BCUT2D eigenvalue weighted by atomic mass is 9.95. The fraction of sp³-hybridized carbons (Fsp3) is 0.208. The summed E-state index contributed by atoms with van der Waals surface area (Å²) in [5, 5.41) is 8.41.